The summed E-state index contributed by atoms with van der Waals surface area (Å²) in [7, 11) is 1.54. The fourth-order valence-electron chi connectivity index (χ4n) is 4.10. The molecule has 11 heteroatoms. The number of rotatable bonds is 13. The summed E-state index contributed by atoms with van der Waals surface area (Å²) in [5.41, 5.74) is 5.04. The molecule has 8 nitrogen and oxygen atoms in total. The lowest BCUT2D eigenvalue weighted by Gasteiger charge is -2.21. The van der Waals surface area contributed by atoms with E-state index in [4.69, 9.17) is 37.4 Å². The quantitative estimate of drug-likeness (QED) is 0.116. The topological polar surface area (TPSA) is 98.2 Å². The third-order valence-corrected chi connectivity index (χ3v) is 7.47. The number of hydrazone groups is 1. The van der Waals surface area contributed by atoms with Crippen molar-refractivity contribution in [3.63, 3.8) is 0 Å². The number of nitrogens with zero attached hydrogens (tertiary/aromatic N) is 1. The third-order valence-electron chi connectivity index (χ3n) is 6.35. The number of hydrogen-bond acceptors (Lipinski definition) is 6. The predicted molar refractivity (Wildman–Crippen MR) is 176 cm³/mol. The first kappa shape index (κ1) is 32.9. The minimum atomic E-state index is -0.948. The van der Waals surface area contributed by atoms with Gasteiger partial charge in [-0.1, -0.05) is 83.9 Å². The Balaban J connectivity index is 1.43. The lowest BCUT2D eigenvalue weighted by Crippen LogP contribution is -2.50. The van der Waals surface area contributed by atoms with Crippen molar-refractivity contribution in [2.45, 2.75) is 32.1 Å². The fourth-order valence-corrected chi connectivity index (χ4v) is 5.12. The number of hydrogen-bond donors (Lipinski definition) is 2. The summed E-state index contributed by atoms with van der Waals surface area (Å²) in [5, 5.41) is 7.60. The molecule has 0 spiro atoms. The number of benzene rings is 4. The Kier molecular flexibility index (Phi) is 12.1. The molecule has 2 atom stereocenters. The van der Waals surface area contributed by atoms with Crippen LogP contribution in [0, 0.1) is 0 Å². The maximum atomic E-state index is 13.2. The predicted octanol–water partition coefficient (Wildman–Crippen LogP) is 6.99. The smallest absolute Gasteiger partial charge is 0.262 e. The minimum absolute atomic E-state index is 0.231. The molecule has 44 heavy (non-hydrogen) atoms. The highest BCUT2D eigenvalue weighted by atomic mass is 79.9. The van der Waals surface area contributed by atoms with Gasteiger partial charge < -0.3 is 19.5 Å². The second-order valence-corrected chi connectivity index (χ2v) is 11.3. The summed E-state index contributed by atoms with van der Waals surface area (Å²) < 4.78 is 17.9. The van der Waals surface area contributed by atoms with Gasteiger partial charge in [0.1, 0.15) is 18.4 Å². The number of nitrogens with one attached hydrogen (secondary N) is 2. The molecule has 0 radical (unpaired) electrons. The van der Waals surface area contributed by atoms with E-state index in [0.717, 1.165) is 11.1 Å². The third kappa shape index (κ3) is 9.47. The summed E-state index contributed by atoms with van der Waals surface area (Å²) in [6.45, 7) is 1.93. The van der Waals surface area contributed by atoms with E-state index in [9.17, 15) is 9.59 Å². The molecule has 0 aliphatic heterocycles. The van der Waals surface area contributed by atoms with Crippen molar-refractivity contribution in [1.82, 2.24) is 10.7 Å². The van der Waals surface area contributed by atoms with Crippen molar-refractivity contribution in [2.24, 2.45) is 5.10 Å². The van der Waals surface area contributed by atoms with Crippen molar-refractivity contribution in [3.05, 3.63) is 122 Å². The molecule has 0 unspecified atom stereocenters. The zero-order chi connectivity index (χ0) is 31.5. The number of ether oxygens (including phenoxy) is 3. The van der Waals surface area contributed by atoms with E-state index in [1.807, 2.05) is 60.7 Å². The molecule has 4 rings (SSSR count). The van der Waals surface area contributed by atoms with Crippen LogP contribution < -0.4 is 25.0 Å². The highest BCUT2D eigenvalue weighted by molar-refractivity contribution is 9.10. The molecular formula is C33H30BrCl2N3O5. The van der Waals surface area contributed by atoms with E-state index < -0.39 is 24.0 Å². The van der Waals surface area contributed by atoms with Crippen molar-refractivity contribution >= 4 is 57.2 Å². The zero-order valence-corrected chi connectivity index (χ0v) is 27.0. The van der Waals surface area contributed by atoms with Crippen LogP contribution in [0.15, 0.2) is 101 Å². The molecule has 0 saturated carbocycles. The Bertz CT molecular complexity index is 1610. The van der Waals surface area contributed by atoms with E-state index >= 15 is 0 Å². The minimum Gasteiger partial charge on any atom is -0.493 e. The molecule has 0 saturated heterocycles. The summed E-state index contributed by atoms with van der Waals surface area (Å²) in [6.07, 6.45) is 0.757. The molecule has 0 heterocycles. The Morgan fingerprint density at radius 3 is 2.25 bits per heavy atom. The van der Waals surface area contributed by atoms with Gasteiger partial charge in [-0.25, -0.2) is 5.43 Å². The van der Waals surface area contributed by atoms with Crippen LogP contribution in [-0.4, -0.2) is 37.3 Å². The Hall–Kier alpha value is -4.05. The first-order valence-corrected chi connectivity index (χ1v) is 15.1. The number of carbonyl (C=O) groups is 2. The van der Waals surface area contributed by atoms with Crippen LogP contribution in [0.4, 0.5) is 0 Å². The first-order valence-electron chi connectivity index (χ1n) is 13.6. The van der Waals surface area contributed by atoms with Gasteiger partial charge in [0.2, 0.25) is 0 Å². The molecule has 228 valence electrons. The van der Waals surface area contributed by atoms with Crippen LogP contribution in [0.25, 0.3) is 0 Å². The number of methoxy groups -OCH3 is 1. The molecule has 0 bridgehead atoms. The molecule has 0 aliphatic rings. The van der Waals surface area contributed by atoms with Crippen LogP contribution in [0.1, 0.15) is 23.6 Å². The molecule has 0 fully saturated rings. The van der Waals surface area contributed by atoms with E-state index in [-0.39, 0.29) is 11.4 Å². The van der Waals surface area contributed by atoms with Crippen molar-refractivity contribution < 1.29 is 23.8 Å². The van der Waals surface area contributed by atoms with Crippen LogP contribution in [0.2, 0.25) is 10.0 Å². The lowest BCUT2D eigenvalue weighted by atomic mass is 10.1. The van der Waals surface area contributed by atoms with Crippen LogP contribution in [0.5, 0.6) is 17.2 Å². The van der Waals surface area contributed by atoms with Crippen molar-refractivity contribution in [2.75, 3.05) is 7.11 Å². The Labute approximate surface area is 274 Å². The Morgan fingerprint density at radius 1 is 0.909 bits per heavy atom. The second-order valence-electron chi connectivity index (χ2n) is 9.63. The molecule has 4 aromatic carbocycles. The molecule has 0 aliphatic carbocycles. The van der Waals surface area contributed by atoms with Crippen LogP contribution >= 0.6 is 39.1 Å². The largest absolute Gasteiger partial charge is 0.493 e. The monoisotopic (exact) mass is 697 g/mol. The number of carbonyl (C=O) groups excluding carboxylic acids is 2. The average Bonchev–Trinajstić information content (AvgIpc) is 3.02. The van der Waals surface area contributed by atoms with E-state index in [1.54, 1.807) is 38.3 Å². The maximum Gasteiger partial charge on any atom is 0.262 e. The van der Waals surface area contributed by atoms with E-state index in [1.165, 1.54) is 12.3 Å². The first-order chi connectivity index (χ1) is 21.2. The van der Waals surface area contributed by atoms with Gasteiger partial charge in [-0.15, -0.1) is 0 Å². The molecule has 2 amide bonds. The number of amides is 2. The zero-order valence-electron chi connectivity index (χ0n) is 23.9. The van der Waals surface area contributed by atoms with Crippen molar-refractivity contribution in [1.29, 1.82) is 0 Å². The van der Waals surface area contributed by atoms with E-state index in [0.29, 0.717) is 38.9 Å². The van der Waals surface area contributed by atoms with Gasteiger partial charge >= 0.3 is 0 Å². The second kappa shape index (κ2) is 16.1. The van der Waals surface area contributed by atoms with Crippen LogP contribution in [0.3, 0.4) is 0 Å². The van der Waals surface area contributed by atoms with Crippen molar-refractivity contribution in [3.8, 4) is 17.2 Å². The highest BCUT2D eigenvalue weighted by Gasteiger charge is 2.25. The maximum absolute atomic E-state index is 13.2. The van der Waals surface area contributed by atoms with E-state index in [2.05, 4.69) is 31.8 Å². The van der Waals surface area contributed by atoms with Gasteiger partial charge in [0.15, 0.2) is 17.6 Å². The molecule has 0 aromatic heterocycles. The van der Waals surface area contributed by atoms with Gasteiger partial charge in [-0.05, 0) is 69.9 Å². The summed E-state index contributed by atoms with van der Waals surface area (Å²) in [4.78, 5) is 26.3. The summed E-state index contributed by atoms with van der Waals surface area (Å²) >= 11 is 15.7. The standard InChI is InChI=1S/C33H30BrCl2N3O5/c1-21(44-29-14-13-25(35)18-27(29)36)32(40)38-28(16-22-9-5-3-6-10-22)33(41)39-37-19-24-15-26(34)31(30(17-24)42-2)43-20-23-11-7-4-8-12-23/h3-15,17-19,21,28H,16,20H2,1-2H3,(H,38,40)(H,39,41)/b37-19-/t21-,28+/m1/s1. The van der Waals surface area contributed by atoms with Gasteiger partial charge in [-0.2, -0.15) is 5.10 Å². The molecule has 4 aromatic rings. The van der Waals surface area contributed by atoms with Gasteiger partial charge in [-0.3, -0.25) is 9.59 Å². The lowest BCUT2D eigenvalue weighted by molar-refractivity contribution is -0.132. The highest BCUT2D eigenvalue weighted by Crippen LogP contribution is 2.37. The Morgan fingerprint density at radius 2 is 1.59 bits per heavy atom. The SMILES string of the molecule is COc1cc(/C=N\NC(=O)[C@H](Cc2ccccc2)NC(=O)[C@@H](C)Oc2ccc(Cl)cc2Cl)cc(Br)c1OCc1ccccc1. The van der Waals surface area contributed by atoms with Gasteiger partial charge in [0, 0.05) is 11.4 Å². The summed E-state index contributed by atoms with van der Waals surface area (Å²) in [6, 6.07) is 26.4. The number of halogens is 3. The molecular weight excluding hydrogens is 669 g/mol. The van der Waals surface area contributed by atoms with Crippen LogP contribution in [-0.2, 0) is 22.6 Å². The summed E-state index contributed by atoms with van der Waals surface area (Å²) in [5.74, 6) is 0.316. The fraction of sp³-hybridized carbons (Fsp3) is 0.182. The average molecular weight is 699 g/mol. The molecule has 2 N–H and O–H groups in total. The normalized spacial score (nSPS) is 12.3. The van der Waals surface area contributed by atoms with Gasteiger partial charge in [0.05, 0.1) is 22.8 Å². The van der Waals surface area contributed by atoms with Gasteiger partial charge in [0.25, 0.3) is 11.8 Å².